The number of phenols is 1. The summed E-state index contributed by atoms with van der Waals surface area (Å²) in [6, 6.07) is 3.35. The van der Waals surface area contributed by atoms with Crippen LogP contribution in [0.4, 0.5) is 4.79 Å². The predicted molar refractivity (Wildman–Crippen MR) is 65.5 cm³/mol. The monoisotopic (exact) mass is 251 g/mol. The Morgan fingerprint density at radius 2 is 2.06 bits per heavy atom. The number of benzene rings is 1. The van der Waals surface area contributed by atoms with E-state index in [1.807, 2.05) is 6.07 Å². The molecule has 0 fully saturated rings. The number of carbonyl (C=O) groups is 1. The van der Waals surface area contributed by atoms with E-state index in [-0.39, 0.29) is 12.3 Å². The van der Waals surface area contributed by atoms with Gasteiger partial charge in [-0.15, -0.1) is 0 Å². The van der Waals surface area contributed by atoms with Crippen LogP contribution in [-0.4, -0.2) is 32.9 Å². The number of hydrogen-bond acceptors (Lipinski definition) is 3. The maximum Gasteiger partial charge on any atom is 0.407 e. The standard InChI is InChI=1S/C13H17NO4/c1-13(2,18)9-5-8-3-4-14(12(16)17)7-10(8)11(15)6-9/h5-6,15,18H,3-4,7H2,1-2H3,(H,16,17). The summed E-state index contributed by atoms with van der Waals surface area (Å²) in [7, 11) is 0. The molecule has 3 N–H and O–H groups in total. The SMILES string of the molecule is CC(C)(O)c1cc(O)c2c(c1)CCN(C(=O)O)C2. The molecule has 0 aromatic heterocycles. The lowest BCUT2D eigenvalue weighted by Crippen LogP contribution is -2.35. The van der Waals surface area contributed by atoms with Crippen molar-refractivity contribution in [3.05, 3.63) is 28.8 Å². The molecule has 0 saturated carbocycles. The van der Waals surface area contributed by atoms with E-state index in [0.29, 0.717) is 24.1 Å². The molecule has 1 amide bonds. The van der Waals surface area contributed by atoms with E-state index in [0.717, 1.165) is 5.56 Å². The zero-order valence-electron chi connectivity index (χ0n) is 10.5. The summed E-state index contributed by atoms with van der Waals surface area (Å²) in [6.07, 6.45) is -0.425. The Kier molecular flexibility index (Phi) is 2.94. The molecular formula is C13H17NO4. The van der Waals surface area contributed by atoms with Crippen molar-refractivity contribution in [1.29, 1.82) is 0 Å². The summed E-state index contributed by atoms with van der Waals surface area (Å²) < 4.78 is 0. The summed E-state index contributed by atoms with van der Waals surface area (Å²) in [5.41, 5.74) is 1.17. The molecule has 0 saturated heterocycles. The van der Waals surface area contributed by atoms with Crippen LogP contribution in [0, 0.1) is 0 Å². The minimum atomic E-state index is -1.02. The van der Waals surface area contributed by atoms with Gasteiger partial charge in [0.1, 0.15) is 5.75 Å². The van der Waals surface area contributed by atoms with E-state index in [9.17, 15) is 15.0 Å². The topological polar surface area (TPSA) is 81.0 Å². The van der Waals surface area contributed by atoms with Gasteiger partial charge in [0.15, 0.2) is 0 Å². The first-order valence-electron chi connectivity index (χ1n) is 5.84. The van der Waals surface area contributed by atoms with Crippen molar-refractivity contribution in [3.63, 3.8) is 0 Å². The highest BCUT2D eigenvalue weighted by Gasteiger charge is 2.25. The maximum atomic E-state index is 10.9. The third-order valence-corrected chi connectivity index (χ3v) is 3.30. The maximum absolute atomic E-state index is 10.9. The number of fused-ring (bicyclic) bond motifs is 1. The average molecular weight is 251 g/mol. The Labute approximate surface area is 105 Å². The smallest absolute Gasteiger partial charge is 0.407 e. The summed E-state index contributed by atoms with van der Waals surface area (Å²) >= 11 is 0. The van der Waals surface area contributed by atoms with Crippen molar-refractivity contribution in [2.45, 2.75) is 32.4 Å². The Balaban J connectivity index is 2.40. The zero-order valence-corrected chi connectivity index (χ0v) is 10.5. The van der Waals surface area contributed by atoms with Crippen LogP contribution in [0.3, 0.4) is 0 Å². The molecular weight excluding hydrogens is 234 g/mol. The first kappa shape index (κ1) is 12.7. The highest BCUT2D eigenvalue weighted by Crippen LogP contribution is 2.32. The van der Waals surface area contributed by atoms with Gasteiger partial charge in [-0.3, -0.25) is 0 Å². The van der Waals surface area contributed by atoms with E-state index in [1.165, 1.54) is 11.0 Å². The first-order valence-corrected chi connectivity index (χ1v) is 5.84. The molecule has 0 aliphatic carbocycles. The van der Waals surface area contributed by atoms with Gasteiger partial charge < -0.3 is 20.2 Å². The fourth-order valence-corrected chi connectivity index (χ4v) is 2.16. The number of carboxylic acid groups (broad SMARTS) is 1. The van der Waals surface area contributed by atoms with Crippen molar-refractivity contribution >= 4 is 6.09 Å². The van der Waals surface area contributed by atoms with Gasteiger partial charge in [0.05, 0.1) is 12.1 Å². The lowest BCUT2D eigenvalue weighted by Gasteiger charge is -2.29. The molecule has 0 unspecified atom stereocenters. The van der Waals surface area contributed by atoms with Crippen LogP contribution in [0.15, 0.2) is 12.1 Å². The molecule has 98 valence electrons. The summed E-state index contributed by atoms with van der Waals surface area (Å²) in [6.45, 7) is 3.92. The number of phenolic OH excluding ortho intramolecular Hbond substituents is 1. The second-order valence-electron chi connectivity index (χ2n) is 5.15. The van der Waals surface area contributed by atoms with Crippen LogP contribution in [0.25, 0.3) is 0 Å². The molecule has 5 heteroatoms. The van der Waals surface area contributed by atoms with E-state index < -0.39 is 11.7 Å². The van der Waals surface area contributed by atoms with Gasteiger partial charge in [-0.25, -0.2) is 4.79 Å². The van der Waals surface area contributed by atoms with E-state index in [1.54, 1.807) is 13.8 Å². The first-order chi connectivity index (χ1) is 8.29. The van der Waals surface area contributed by atoms with Crippen molar-refractivity contribution in [1.82, 2.24) is 4.90 Å². The van der Waals surface area contributed by atoms with Crippen LogP contribution < -0.4 is 0 Å². The van der Waals surface area contributed by atoms with E-state index in [4.69, 9.17) is 5.11 Å². The Morgan fingerprint density at radius 1 is 1.39 bits per heavy atom. The third kappa shape index (κ3) is 2.26. The number of aliphatic hydroxyl groups is 1. The van der Waals surface area contributed by atoms with Crippen molar-refractivity contribution in [2.24, 2.45) is 0 Å². The number of nitrogens with zero attached hydrogens (tertiary/aromatic N) is 1. The molecule has 18 heavy (non-hydrogen) atoms. The van der Waals surface area contributed by atoms with Crippen molar-refractivity contribution < 1.29 is 20.1 Å². The molecule has 0 spiro atoms. The van der Waals surface area contributed by atoms with Gasteiger partial charge in [-0.1, -0.05) is 6.07 Å². The Bertz CT molecular complexity index is 490. The molecule has 1 aliphatic heterocycles. The lowest BCUT2D eigenvalue weighted by molar-refractivity contribution is 0.0780. The van der Waals surface area contributed by atoms with Gasteiger partial charge in [-0.05, 0) is 37.5 Å². The summed E-state index contributed by atoms with van der Waals surface area (Å²) in [5.74, 6) is 0.0515. The minimum Gasteiger partial charge on any atom is -0.508 e. The van der Waals surface area contributed by atoms with Gasteiger partial charge in [-0.2, -0.15) is 0 Å². The van der Waals surface area contributed by atoms with Crippen LogP contribution in [-0.2, 0) is 18.6 Å². The highest BCUT2D eigenvalue weighted by atomic mass is 16.4. The molecule has 5 nitrogen and oxygen atoms in total. The molecule has 0 atom stereocenters. The fourth-order valence-electron chi connectivity index (χ4n) is 2.16. The van der Waals surface area contributed by atoms with Gasteiger partial charge in [0.2, 0.25) is 0 Å². The molecule has 1 aliphatic rings. The number of amides is 1. The normalized spacial score (nSPS) is 15.4. The van der Waals surface area contributed by atoms with Crippen LogP contribution >= 0.6 is 0 Å². The third-order valence-electron chi connectivity index (χ3n) is 3.30. The second-order valence-corrected chi connectivity index (χ2v) is 5.15. The average Bonchev–Trinajstić information content (AvgIpc) is 2.27. The predicted octanol–water partition coefficient (Wildman–Crippen LogP) is 1.66. The zero-order chi connectivity index (χ0) is 13.5. The van der Waals surface area contributed by atoms with Crippen LogP contribution in [0.1, 0.15) is 30.5 Å². The van der Waals surface area contributed by atoms with Crippen molar-refractivity contribution in [2.75, 3.05) is 6.54 Å². The van der Waals surface area contributed by atoms with Gasteiger partial charge in [0, 0.05) is 12.1 Å². The summed E-state index contributed by atoms with van der Waals surface area (Å²) in [4.78, 5) is 12.2. The van der Waals surface area contributed by atoms with Crippen LogP contribution in [0.2, 0.25) is 0 Å². The molecule has 1 aromatic rings. The largest absolute Gasteiger partial charge is 0.508 e. The van der Waals surface area contributed by atoms with Gasteiger partial charge >= 0.3 is 6.09 Å². The minimum absolute atomic E-state index is 0.0515. The number of aromatic hydroxyl groups is 1. The second kappa shape index (κ2) is 4.17. The fraction of sp³-hybridized carbons (Fsp3) is 0.462. The molecule has 1 aromatic carbocycles. The highest BCUT2D eigenvalue weighted by molar-refractivity contribution is 5.66. The van der Waals surface area contributed by atoms with Crippen molar-refractivity contribution in [3.8, 4) is 5.75 Å². The quantitative estimate of drug-likeness (QED) is 0.709. The Hall–Kier alpha value is -1.75. The van der Waals surface area contributed by atoms with Crippen LogP contribution in [0.5, 0.6) is 5.75 Å². The lowest BCUT2D eigenvalue weighted by atomic mass is 9.90. The molecule has 0 bridgehead atoms. The Morgan fingerprint density at radius 3 is 2.61 bits per heavy atom. The molecule has 2 rings (SSSR count). The molecule has 1 heterocycles. The van der Waals surface area contributed by atoms with E-state index >= 15 is 0 Å². The molecule has 0 radical (unpaired) electrons. The number of rotatable bonds is 1. The summed E-state index contributed by atoms with van der Waals surface area (Å²) in [5, 5.41) is 28.9. The number of hydrogen-bond donors (Lipinski definition) is 3. The van der Waals surface area contributed by atoms with Gasteiger partial charge in [0.25, 0.3) is 0 Å². The van der Waals surface area contributed by atoms with E-state index in [2.05, 4.69) is 0 Å².